The zero-order valence-corrected chi connectivity index (χ0v) is 15.1. The van der Waals surface area contributed by atoms with Crippen LogP contribution in [0, 0.1) is 10.1 Å². The number of nitrogens with zero attached hydrogens (tertiary/aromatic N) is 3. The summed E-state index contributed by atoms with van der Waals surface area (Å²) in [7, 11) is 1.66. The first-order chi connectivity index (χ1) is 12.5. The topological polar surface area (TPSA) is 78.7 Å². The number of hydrogen-bond acceptors (Lipinski definition) is 5. The summed E-state index contributed by atoms with van der Waals surface area (Å²) in [6.07, 6.45) is 0. The number of amides is 1. The number of benzene rings is 2. The maximum atomic E-state index is 12.6. The van der Waals surface area contributed by atoms with Crippen LogP contribution in [0.15, 0.2) is 42.5 Å². The largest absolute Gasteiger partial charge is 0.383 e. The van der Waals surface area contributed by atoms with Crippen molar-refractivity contribution in [2.24, 2.45) is 0 Å². The molecule has 0 bridgehead atoms. The third-order valence-electron chi connectivity index (χ3n) is 4.45. The van der Waals surface area contributed by atoms with Crippen LogP contribution >= 0.6 is 11.6 Å². The highest BCUT2D eigenvalue weighted by atomic mass is 35.5. The molecule has 0 unspecified atom stereocenters. The molecular formula is C18H19ClN4O3. The Bertz CT molecular complexity index is 835. The van der Waals surface area contributed by atoms with Gasteiger partial charge in [0.25, 0.3) is 11.6 Å². The van der Waals surface area contributed by atoms with Crippen molar-refractivity contribution in [3.05, 3.63) is 63.2 Å². The summed E-state index contributed by atoms with van der Waals surface area (Å²) < 4.78 is 0. The summed E-state index contributed by atoms with van der Waals surface area (Å²) in [6.45, 7) is 2.48. The molecule has 1 heterocycles. The number of hydrogen-bond donors (Lipinski definition) is 1. The summed E-state index contributed by atoms with van der Waals surface area (Å²) in [6, 6.07) is 12.0. The second-order valence-corrected chi connectivity index (χ2v) is 6.43. The van der Waals surface area contributed by atoms with Gasteiger partial charge in [-0.1, -0.05) is 17.7 Å². The minimum absolute atomic E-state index is 0.0354. The number of nitro groups is 1. The van der Waals surface area contributed by atoms with Crippen LogP contribution < -0.4 is 10.2 Å². The Labute approximate surface area is 156 Å². The van der Waals surface area contributed by atoms with Gasteiger partial charge in [0, 0.05) is 55.6 Å². The molecule has 1 aliphatic rings. The molecule has 1 fully saturated rings. The number of anilines is 2. The van der Waals surface area contributed by atoms with Crippen molar-refractivity contribution in [1.29, 1.82) is 0 Å². The summed E-state index contributed by atoms with van der Waals surface area (Å²) in [5.74, 6) is -0.0354. The molecule has 2 aromatic carbocycles. The van der Waals surface area contributed by atoms with Gasteiger partial charge in [-0.15, -0.1) is 0 Å². The number of nitrogens with one attached hydrogen (secondary N) is 1. The molecule has 26 heavy (non-hydrogen) atoms. The smallest absolute Gasteiger partial charge is 0.292 e. The number of halogens is 1. The fraction of sp³-hybridized carbons (Fsp3) is 0.278. The Morgan fingerprint density at radius 2 is 1.88 bits per heavy atom. The molecule has 0 aliphatic carbocycles. The minimum atomic E-state index is -0.406. The van der Waals surface area contributed by atoms with Crippen molar-refractivity contribution < 1.29 is 9.72 Å². The Morgan fingerprint density at radius 3 is 2.50 bits per heavy atom. The van der Waals surface area contributed by atoms with Crippen LogP contribution in [0.4, 0.5) is 17.1 Å². The van der Waals surface area contributed by atoms with E-state index < -0.39 is 4.92 Å². The van der Waals surface area contributed by atoms with Crippen LogP contribution in [0.5, 0.6) is 0 Å². The predicted octanol–water partition coefficient (Wildman–Crippen LogP) is 3.25. The first-order valence-electron chi connectivity index (χ1n) is 8.25. The van der Waals surface area contributed by atoms with Crippen LogP contribution in [0.1, 0.15) is 10.4 Å². The van der Waals surface area contributed by atoms with Gasteiger partial charge in [-0.3, -0.25) is 14.9 Å². The van der Waals surface area contributed by atoms with E-state index in [1.165, 1.54) is 6.07 Å². The highest BCUT2D eigenvalue weighted by Gasteiger charge is 2.23. The molecule has 0 aromatic heterocycles. The molecule has 1 N–H and O–H groups in total. The standard InChI is InChI=1S/C18H19ClN4O3/c1-20-16-12-15(5-6-17(16)23(25)26)21-7-9-22(10-8-21)18(24)13-3-2-4-14(19)11-13/h2-6,11-12,20H,7-10H2,1H3. The molecule has 0 radical (unpaired) electrons. The van der Waals surface area contributed by atoms with Gasteiger partial charge in [-0.2, -0.15) is 0 Å². The summed E-state index contributed by atoms with van der Waals surface area (Å²) in [5, 5.41) is 14.4. The van der Waals surface area contributed by atoms with Gasteiger partial charge >= 0.3 is 0 Å². The molecule has 3 rings (SSSR count). The Balaban J connectivity index is 1.69. The Kier molecular flexibility index (Phi) is 5.27. The van der Waals surface area contributed by atoms with Crippen LogP contribution in [0.25, 0.3) is 0 Å². The normalized spacial score (nSPS) is 14.2. The fourth-order valence-corrected chi connectivity index (χ4v) is 3.24. The predicted molar refractivity (Wildman–Crippen MR) is 102 cm³/mol. The Hall–Kier alpha value is -2.80. The SMILES string of the molecule is CNc1cc(N2CCN(C(=O)c3cccc(Cl)c3)CC2)ccc1[N+](=O)[O-]. The summed E-state index contributed by atoms with van der Waals surface area (Å²) >= 11 is 5.96. The molecule has 0 atom stereocenters. The lowest BCUT2D eigenvalue weighted by molar-refractivity contribution is -0.383. The third-order valence-corrected chi connectivity index (χ3v) is 4.68. The first-order valence-corrected chi connectivity index (χ1v) is 8.63. The number of carbonyl (C=O) groups excluding carboxylic acids is 1. The maximum Gasteiger partial charge on any atom is 0.292 e. The highest BCUT2D eigenvalue weighted by Crippen LogP contribution is 2.29. The lowest BCUT2D eigenvalue weighted by atomic mass is 10.1. The second kappa shape index (κ2) is 7.61. The fourth-order valence-electron chi connectivity index (χ4n) is 3.05. The van der Waals surface area contributed by atoms with Crippen molar-refractivity contribution >= 4 is 34.6 Å². The van der Waals surface area contributed by atoms with Gasteiger partial charge < -0.3 is 15.1 Å². The molecule has 8 heteroatoms. The van der Waals surface area contributed by atoms with E-state index in [1.807, 2.05) is 0 Å². The number of piperazine rings is 1. The zero-order valence-electron chi connectivity index (χ0n) is 14.3. The van der Waals surface area contributed by atoms with Crippen molar-refractivity contribution in [1.82, 2.24) is 4.90 Å². The number of nitro benzene ring substituents is 1. The second-order valence-electron chi connectivity index (χ2n) is 6.00. The molecular weight excluding hydrogens is 356 g/mol. The van der Waals surface area contributed by atoms with Crippen molar-refractivity contribution in [2.75, 3.05) is 43.4 Å². The van der Waals surface area contributed by atoms with Crippen LogP contribution in [0.2, 0.25) is 5.02 Å². The molecule has 0 spiro atoms. The summed E-state index contributed by atoms with van der Waals surface area (Å²) in [4.78, 5) is 27.1. The van der Waals surface area contributed by atoms with Crippen molar-refractivity contribution in [3.63, 3.8) is 0 Å². The van der Waals surface area contributed by atoms with Crippen molar-refractivity contribution in [3.8, 4) is 0 Å². The van der Waals surface area contributed by atoms with Gasteiger partial charge in [-0.05, 0) is 30.3 Å². The quantitative estimate of drug-likeness (QED) is 0.656. The average Bonchev–Trinajstić information content (AvgIpc) is 2.67. The third kappa shape index (κ3) is 3.72. The van der Waals surface area contributed by atoms with Gasteiger partial charge in [0.15, 0.2) is 0 Å². The van der Waals surface area contributed by atoms with E-state index in [0.717, 1.165) is 5.69 Å². The molecule has 2 aromatic rings. The van der Waals surface area contributed by atoms with E-state index in [-0.39, 0.29) is 11.6 Å². The van der Waals surface area contributed by atoms with Gasteiger partial charge in [-0.25, -0.2) is 0 Å². The van der Waals surface area contributed by atoms with Gasteiger partial charge in [0.05, 0.1) is 4.92 Å². The Morgan fingerprint density at radius 1 is 1.15 bits per heavy atom. The van der Waals surface area contributed by atoms with Crippen LogP contribution in [0.3, 0.4) is 0 Å². The lowest BCUT2D eigenvalue weighted by Crippen LogP contribution is -2.48. The van der Waals surface area contributed by atoms with E-state index in [9.17, 15) is 14.9 Å². The van der Waals surface area contributed by atoms with Crippen LogP contribution in [-0.4, -0.2) is 49.0 Å². The number of carbonyl (C=O) groups is 1. The molecule has 1 aliphatic heterocycles. The monoisotopic (exact) mass is 374 g/mol. The molecule has 1 amide bonds. The lowest BCUT2D eigenvalue weighted by Gasteiger charge is -2.36. The molecule has 0 saturated carbocycles. The maximum absolute atomic E-state index is 12.6. The van der Waals surface area contributed by atoms with E-state index in [0.29, 0.717) is 42.5 Å². The van der Waals surface area contributed by atoms with E-state index in [4.69, 9.17) is 11.6 Å². The zero-order chi connectivity index (χ0) is 18.7. The van der Waals surface area contributed by atoms with Gasteiger partial charge in [0.2, 0.25) is 0 Å². The average molecular weight is 375 g/mol. The molecule has 136 valence electrons. The minimum Gasteiger partial charge on any atom is -0.383 e. The molecule has 7 nitrogen and oxygen atoms in total. The summed E-state index contributed by atoms with van der Waals surface area (Å²) in [5.41, 5.74) is 2.00. The molecule has 1 saturated heterocycles. The highest BCUT2D eigenvalue weighted by molar-refractivity contribution is 6.30. The first kappa shape index (κ1) is 18.0. The van der Waals surface area contributed by atoms with Crippen molar-refractivity contribution in [2.45, 2.75) is 0 Å². The van der Waals surface area contributed by atoms with Crippen LogP contribution in [-0.2, 0) is 0 Å². The number of rotatable bonds is 4. The van der Waals surface area contributed by atoms with E-state index in [2.05, 4.69) is 10.2 Å². The van der Waals surface area contributed by atoms with E-state index in [1.54, 1.807) is 48.3 Å². The van der Waals surface area contributed by atoms with E-state index >= 15 is 0 Å². The van der Waals surface area contributed by atoms with Gasteiger partial charge in [0.1, 0.15) is 5.69 Å².